The number of benzene rings is 1. The largest absolute Gasteiger partial charge is 0.351 e. The van der Waals surface area contributed by atoms with Gasteiger partial charge in [-0.3, -0.25) is 30.3 Å². The van der Waals surface area contributed by atoms with E-state index in [4.69, 9.17) is 17.5 Å². The van der Waals surface area contributed by atoms with Crippen LogP contribution in [-0.2, 0) is 0 Å². The van der Waals surface area contributed by atoms with Crippen molar-refractivity contribution < 1.29 is 29.9 Å². The average Bonchev–Trinajstić information content (AvgIpc) is 2.57. The predicted molar refractivity (Wildman–Crippen MR) is 87.4 cm³/mol. The molecule has 0 fully saturated rings. The van der Waals surface area contributed by atoms with Gasteiger partial charge in [0.15, 0.2) is 5.03 Å². The highest BCUT2D eigenvalue weighted by Gasteiger charge is 2.56. The number of rotatable bonds is 9. The molecule has 0 aliphatic carbocycles. The molecule has 0 spiro atoms. The zero-order valence-corrected chi connectivity index (χ0v) is 13.7. The highest BCUT2D eigenvalue weighted by molar-refractivity contribution is 5.99. The molecule has 1 rings (SSSR count). The van der Waals surface area contributed by atoms with Crippen molar-refractivity contribution in [3.63, 3.8) is 0 Å². The smallest absolute Gasteiger partial charge is 0.258 e. The Morgan fingerprint density at radius 1 is 0.533 bits per heavy atom. The number of anilines is 3. The summed E-state index contributed by atoms with van der Waals surface area (Å²) in [5.74, 6) is 15.0. The number of hydrazine groups is 6. The summed E-state index contributed by atoms with van der Waals surface area (Å²) in [5.41, 5.74) is -12.0. The number of nitro groups is 6. The third-order valence-corrected chi connectivity index (χ3v) is 3.07. The van der Waals surface area contributed by atoms with Crippen LogP contribution < -0.4 is 32.9 Å². The van der Waals surface area contributed by atoms with Crippen LogP contribution in [0, 0.1) is 60.7 Å². The Labute approximate surface area is 158 Å². The molecular weight excluding hydrogens is 432 g/mol. The second-order valence-corrected chi connectivity index (χ2v) is 4.62. The summed E-state index contributed by atoms with van der Waals surface area (Å²) in [4.78, 5) is 62.1. The first-order chi connectivity index (χ1) is 13.7. The van der Waals surface area contributed by atoms with Crippen LogP contribution in [0.5, 0.6) is 0 Å². The Kier molecular flexibility index (Phi) is 6.02. The van der Waals surface area contributed by atoms with E-state index >= 15 is 0 Å². The second kappa shape index (κ2) is 7.87. The molecule has 0 aliphatic heterocycles. The Bertz CT molecular complexity index is 975. The van der Waals surface area contributed by atoms with E-state index in [0.717, 1.165) is 0 Å². The third-order valence-electron chi connectivity index (χ3n) is 3.07. The number of hydrogen-bond acceptors (Lipinski definition) is 16. The topological polar surface area (TPSA) is 347 Å². The first-order valence-corrected chi connectivity index (χ1v) is 6.41. The van der Waals surface area contributed by atoms with Crippen LogP contribution in [0.1, 0.15) is 0 Å². The summed E-state index contributed by atoms with van der Waals surface area (Å²) in [6, 6.07) is 0. The molecule has 0 amide bonds. The molecule has 1 aromatic carbocycles. The predicted octanol–water partition coefficient (Wildman–Crippen LogP) is -1.97. The number of nitrogens with two attached hydrogens (primary N) is 3. The fourth-order valence-corrected chi connectivity index (χ4v) is 2.15. The lowest BCUT2D eigenvalue weighted by Crippen LogP contribution is -2.43. The van der Waals surface area contributed by atoms with E-state index in [-0.39, 0.29) is 0 Å². The van der Waals surface area contributed by atoms with E-state index in [1.54, 1.807) is 0 Å². The first kappa shape index (κ1) is 22.9. The maximum Gasteiger partial charge on any atom is 0.351 e. The molecule has 0 atom stereocenters. The summed E-state index contributed by atoms with van der Waals surface area (Å²) in [7, 11) is 0. The van der Waals surface area contributed by atoms with Crippen LogP contribution in [-0.4, -0.2) is 29.9 Å². The molecule has 0 saturated heterocycles. The van der Waals surface area contributed by atoms with Crippen LogP contribution in [0.15, 0.2) is 0 Å². The maximum absolute atomic E-state index is 11.5. The molecule has 0 aromatic heterocycles. The van der Waals surface area contributed by atoms with Gasteiger partial charge in [-0.05, 0) is 5.12 Å². The molecule has 0 bridgehead atoms. The minimum absolute atomic E-state index is 0.459. The van der Waals surface area contributed by atoms with Crippen molar-refractivity contribution in [3.05, 3.63) is 60.7 Å². The van der Waals surface area contributed by atoms with Gasteiger partial charge in [0.1, 0.15) is 0 Å². The lowest BCUT2D eigenvalue weighted by Gasteiger charge is -2.17. The number of nitrogens with zero attached hydrogens (tertiary/aromatic N) is 9. The highest BCUT2D eigenvalue weighted by Crippen LogP contribution is 2.55. The number of nitro benzene ring substituents is 3. The van der Waals surface area contributed by atoms with Crippen LogP contribution in [0.25, 0.3) is 0 Å². The minimum Gasteiger partial charge on any atom is -0.258 e. The van der Waals surface area contributed by atoms with E-state index in [9.17, 15) is 60.7 Å². The van der Waals surface area contributed by atoms with E-state index in [1.165, 1.54) is 0 Å². The first-order valence-electron chi connectivity index (χ1n) is 6.41. The highest BCUT2D eigenvalue weighted by atomic mass is 16.8. The maximum atomic E-state index is 11.5. The summed E-state index contributed by atoms with van der Waals surface area (Å²) < 4.78 is 0. The van der Waals surface area contributed by atoms with Gasteiger partial charge in [-0.1, -0.05) is 0 Å². The fourth-order valence-electron chi connectivity index (χ4n) is 2.15. The van der Waals surface area contributed by atoms with E-state index in [1.807, 2.05) is 0 Å². The van der Waals surface area contributed by atoms with Crippen molar-refractivity contribution in [1.82, 2.24) is 0 Å². The average molecular weight is 438 g/mol. The van der Waals surface area contributed by atoms with Gasteiger partial charge in [-0.2, -0.15) is 5.84 Å². The molecule has 0 heterocycles. The van der Waals surface area contributed by atoms with Gasteiger partial charge in [-0.25, -0.2) is 47.1 Å². The van der Waals surface area contributed by atoms with Crippen molar-refractivity contribution in [2.24, 2.45) is 17.5 Å². The van der Waals surface area contributed by atoms with Crippen molar-refractivity contribution in [2.75, 3.05) is 15.4 Å². The van der Waals surface area contributed by atoms with Gasteiger partial charge >= 0.3 is 22.7 Å². The summed E-state index contributed by atoms with van der Waals surface area (Å²) in [5, 5.41) is 58.9. The SMILES string of the molecule is NN(N)c1c([N+](=O)[O-])c(N(N)[N+](=O)[O-])c([N+](=O)[O-])c(N([N+](=O)[O-])[N+](=O)[O-])c1[N+](=O)[O-]. The van der Waals surface area contributed by atoms with Crippen molar-refractivity contribution in [3.8, 4) is 0 Å². The summed E-state index contributed by atoms with van der Waals surface area (Å²) >= 11 is 0. The quantitative estimate of drug-likeness (QED) is 0.213. The molecular formula is C6H6N12O12. The molecule has 24 heteroatoms. The Morgan fingerprint density at radius 2 is 0.867 bits per heavy atom. The lowest BCUT2D eigenvalue weighted by molar-refractivity contribution is -0.712. The molecule has 1 aromatic rings. The molecule has 24 nitrogen and oxygen atoms in total. The summed E-state index contributed by atoms with van der Waals surface area (Å²) in [6.07, 6.45) is 0. The molecule has 162 valence electrons. The zero-order valence-electron chi connectivity index (χ0n) is 13.7. The van der Waals surface area contributed by atoms with Crippen LogP contribution >= 0.6 is 0 Å². The van der Waals surface area contributed by atoms with Crippen molar-refractivity contribution >= 4 is 34.1 Å². The molecule has 0 unspecified atom stereocenters. The van der Waals surface area contributed by atoms with Crippen molar-refractivity contribution in [1.29, 1.82) is 0 Å². The van der Waals surface area contributed by atoms with E-state index in [0.29, 0.717) is 0 Å². The van der Waals surface area contributed by atoms with E-state index < -0.39 is 79.3 Å². The van der Waals surface area contributed by atoms with Gasteiger partial charge in [0, 0.05) is 0 Å². The normalized spacial score (nSPS) is 10.1. The van der Waals surface area contributed by atoms with Gasteiger partial charge in [0.2, 0.25) is 20.9 Å². The minimum atomic E-state index is -2.20. The standard InChI is InChI=1S/C6H6N12O12/c7-10(8)1-4(13(19)20)2(11(9)16(25)26)6(15(23)24)3(5(1)14(21)22)12(17(27)28)18(29)30/h7-9H2. The second-order valence-electron chi connectivity index (χ2n) is 4.62. The van der Waals surface area contributed by atoms with Gasteiger partial charge in [0.25, 0.3) is 5.69 Å². The monoisotopic (exact) mass is 438 g/mol. The fraction of sp³-hybridized carbons (Fsp3) is 0. The molecule has 0 saturated carbocycles. The third kappa shape index (κ3) is 3.64. The van der Waals surface area contributed by atoms with Crippen LogP contribution in [0.2, 0.25) is 0 Å². The van der Waals surface area contributed by atoms with Crippen LogP contribution in [0.3, 0.4) is 0 Å². The van der Waals surface area contributed by atoms with Crippen molar-refractivity contribution in [2.45, 2.75) is 0 Å². The summed E-state index contributed by atoms with van der Waals surface area (Å²) in [6.45, 7) is 0. The molecule has 6 N–H and O–H groups in total. The zero-order chi connectivity index (χ0) is 23.7. The van der Waals surface area contributed by atoms with Gasteiger partial charge < -0.3 is 0 Å². The van der Waals surface area contributed by atoms with Crippen LogP contribution in [0.4, 0.5) is 34.1 Å². The van der Waals surface area contributed by atoms with Gasteiger partial charge in [-0.15, -0.1) is 0 Å². The van der Waals surface area contributed by atoms with E-state index in [2.05, 4.69) is 0 Å². The van der Waals surface area contributed by atoms with Gasteiger partial charge in [0.05, 0.1) is 14.8 Å². The molecule has 0 aliphatic rings. The lowest BCUT2D eigenvalue weighted by atomic mass is 10.1. The molecule has 30 heavy (non-hydrogen) atoms. The Morgan fingerprint density at radius 3 is 1.13 bits per heavy atom. The Balaban J connectivity index is 4.65. The Hall–Kier alpha value is -5.10. The number of hydrogen-bond donors (Lipinski definition) is 3. The molecule has 0 radical (unpaired) electrons.